The molecule has 3 rings (SSSR count). The van der Waals surface area contributed by atoms with E-state index in [2.05, 4.69) is 28.9 Å². The third-order valence-corrected chi connectivity index (χ3v) is 5.85. The smallest absolute Gasteiger partial charge is 0.307 e. The average molecular weight is 406 g/mol. The first kappa shape index (κ1) is 20.6. The van der Waals surface area contributed by atoms with Crippen molar-refractivity contribution < 1.29 is 9.90 Å². The number of carboxylic acid groups (broad SMARTS) is 1. The molecule has 148 valence electrons. The zero-order valence-electron chi connectivity index (χ0n) is 16.6. The highest BCUT2D eigenvalue weighted by Gasteiger charge is 2.14. The topological polar surface area (TPSA) is 77.2 Å². The second-order valence-electron chi connectivity index (χ2n) is 6.76. The van der Waals surface area contributed by atoms with Crippen molar-refractivity contribution in [2.45, 2.75) is 26.7 Å². The van der Waals surface area contributed by atoms with Crippen LogP contribution in [0.2, 0.25) is 0 Å². The molecule has 0 amide bonds. The Balaban J connectivity index is 1.97. The van der Waals surface area contributed by atoms with Gasteiger partial charge in [-0.3, -0.25) is 4.79 Å². The molecule has 0 spiro atoms. The highest BCUT2D eigenvalue weighted by molar-refractivity contribution is 7.19. The number of para-hydroxylation sites is 1. The van der Waals surface area contributed by atoms with Crippen LogP contribution in [0.25, 0.3) is 21.9 Å². The number of carbonyl (C=O) groups is 1. The molecule has 0 atom stereocenters. The first-order valence-electron chi connectivity index (χ1n) is 9.52. The van der Waals surface area contributed by atoms with Crippen molar-refractivity contribution in [3.8, 4) is 6.07 Å². The number of fused-ring (bicyclic) bond motifs is 1. The third kappa shape index (κ3) is 5.01. The average Bonchev–Trinajstić information content (AvgIpc) is 3.13. The van der Waals surface area contributed by atoms with Gasteiger partial charge in [0.1, 0.15) is 5.01 Å². The summed E-state index contributed by atoms with van der Waals surface area (Å²) in [6, 6.07) is 16.1. The fourth-order valence-corrected chi connectivity index (χ4v) is 4.20. The summed E-state index contributed by atoms with van der Waals surface area (Å²) in [5.74, 6) is -0.876. The number of benzene rings is 2. The molecule has 3 aromatic rings. The number of aromatic nitrogens is 1. The molecule has 0 saturated carbocycles. The predicted molar refractivity (Wildman–Crippen MR) is 119 cm³/mol. The lowest BCUT2D eigenvalue weighted by molar-refractivity contribution is -0.135. The maximum absolute atomic E-state index is 11.5. The first-order valence-corrected chi connectivity index (χ1v) is 10.3. The molecule has 0 bridgehead atoms. The van der Waals surface area contributed by atoms with Gasteiger partial charge >= 0.3 is 5.97 Å². The second kappa shape index (κ2) is 9.35. The zero-order chi connectivity index (χ0) is 20.8. The Kier molecular flexibility index (Phi) is 6.63. The number of nitrogens with zero attached hydrogens (tertiary/aromatic N) is 3. The van der Waals surface area contributed by atoms with E-state index in [1.165, 1.54) is 11.3 Å². The van der Waals surface area contributed by atoms with Crippen molar-refractivity contribution in [2.75, 3.05) is 18.0 Å². The number of thiazole rings is 1. The molecule has 0 unspecified atom stereocenters. The lowest BCUT2D eigenvalue weighted by Gasteiger charge is -2.22. The van der Waals surface area contributed by atoms with Gasteiger partial charge in [0.2, 0.25) is 0 Å². The van der Waals surface area contributed by atoms with Gasteiger partial charge in [-0.1, -0.05) is 18.2 Å². The van der Waals surface area contributed by atoms with Crippen LogP contribution in [0.15, 0.2) is 42.5 Å². The monoisotopic (exact) mass is 405 g/mol. The number of nitriles is 1. The molecule has 0 aliphatic carbocycles. The lowest BCUT2D eigenvalue weighted by Crippen LogP contribution is -2.23. The Morgan fingerprint density at radius 3 is 2.76 bits per heavy atom. The maximum atomic E-state index is 11.5. The van der Waals surface area contributed by atoms with Crippen LogP contribution in [0.5, 0.6) is 0 Å². The van der Waals surface area contributed by atoms with Gasteiger partial charge in [0.05, 0.1) is 29.1 Å². The van der Waals surface area contributed by atoms with Crippen LogP contribution in [0.4, 0.5) is 5.69 Å². The van der Waals surface area contributed by atoms with Crippen LogP contribution in [0.3, 0.4) is 0 Å². The van der Waals surface area contributed by atoms with Gasteiger partial charge in [0, 0.05) is 18.8 Å². The number of carboxylic acids is 1. The summed E-state index contributed by atoms with van der Waals surface area (Å²) >= 11 is 1.51. The van der Waals surface area contributed by atoms with E-state index in [1.54, 1.807) is 0 Å². The molecule has 1 heterocycles. The second-order valence-corrected chi connectivity index (χ2v) is 7.79. The van der Waals surface area contributed by atoms with Gasteiger partial charge in [0.25, 0.3) is 0 Å². The van der Waals surface area contributed by atoms with Crippen molar-refractivity contribution in [1.82, 2.24) is 4.98 Å². The van der Waals surface area contributed by atoms with E-state index in [-0.39, 0.29) is 6.42 Å². The summed E-state index contributed by atoms with van der Waals surface area (Å²) in [4.78, 5) is 18.3. The van der Waals surface area contributed by atoms with Gasteiger partial charge in [-0.15, -0.1) is 11.3 Å². The molecule has 1 N–H and O–H groups in total. The van der Waals surface area contributed by atoms with E-state index in [1.807, 2.05) is 49.4 Å². The van der Waals surface area contributed by atoms with E-state index in [0.29, 0.717) is 18.5 Å². The Labute approximate surface area is 174 Å². The van der Waals surface area contributed by atoms with Gasteiger partial charge in [-0.2, -0.15) is 5.26 Å². The van der Waals surface area contributed by atoms with E-state index in [9.17, 15) is 9.90 Å². The van der Waals surface area contributed by atoms with Crippen LogP contribution in [0, 0.1) is 18.3 Å². The van der Waals surface area contributed by atoms with Crippen molar-refractivity contribution in [3.05, 3.63) is 58.6 Å². The first-order chi connectivity index (χ1) is 14.0. The minimum atomic E-state index is -0.876. The number of hydrogen-bond donors (Lipinski definition) is 1. The molecule has 0 fully saturated rings. The quantitative estimate of drug-likeness (QED) is 0.546. The van der Waals surface area contributed by atoms with Crippen LogP contribution in [0.1, 0.15) is 35.9 Å². The zero-order valence-corrected chi connectivity index (χ0v) is 17.4. The SMILES string of the molecule is CCN(CCC#N)c1ccc(/C=C(\CC(=O)O)c2nc3ccccc3s2)c(C)c1. The summed E-state index contributed by atoms with van der Waals surface area (Å²) in [7, 11) is 0. The molecule has 0 radical (unpaired) electrons. The molecule has 0 aliphatic heterocycles. The van der Waals surface area contributed by atoms with Crippen molar-refractivity contribution >= 4 is 44.9 Å². The van der Waals surface area contributed by atoms with E-state index in [0.717, 1.165) is 38.6 Å². The maximum Gasteiger partial charge on any atom is 0.307 e. The predicted octanol–water partition coefficient (Wildman–Crippen LogP) is 5.36. The molecule has 6 heteroatoms. The van der Waals surface area contributed by atoms with Crippen molar-refractivity contribution in [2.24, 2.45) is 0 Å². The molecular weight excluding hydrogens is 382 g/mol. The van der Waals surface area contributed by atoms with Crippen LogP contribution >= 0.6 is 11.3 Å². The molecule has 0 saturated heterocycles. The van der Waals surface area contributed by atoms with Gasteiger partial charge < -0.3 is 10.0 Å². The normalized spacial score (nSPS) is 11.4. The van der Waals surface area contributed by atoms with E-state index < -0.39 is 5.97 Å². The van der Waals surface area contributed by atoms with Gasteiger partial charge in [-0.25, -0.2) is 4.98 Å². The van der Waals surface area contributed by atoms with Crippen LogP contribution in [-0.2, 0) is 4.79 Å². The number of aryl methyl sites for hydroxylation is 1. The van der Waals surface area contributed by atoms with Crippen LogP contribution < -0.4 is 4.90 Å². The molecule has 29 heavy (non-hydrogen) atoms. The van der Waals surface area contributed by atoms with Gasteiger partial charge in [-0.05, 0) is 60.9 Å². The number of aliphatic carboxylic acids is 1. The van der Waals surface area contributed by atoms with Crippen molar-refractivity contribution in [1.29, 1.82) is 5.26 Å². The van der Waals surface area contributed by atoms with Crippen LogP contribution in [-0.4, -0.2) is 29.1 Å². The summed E-state index contributed by atoms with van der Waals surface area (Å²) in [5, 5.41) is 19.0. The molecule has 0 aliphatic rings. The number of hydrogen-bond acceptors (Lipinski definition) is 5. The minimum Gasteiger partial charge on any atom is -0.481 e. The largest absolute Gasteiger partial charge is 0.481 e. The number of anilines is 1. The molecular formula is C23H23N3O2S. The lowest BCUT2D eigenvalue weighted by atomic mass is 10.0. The van der Waals surface area contributed by atoms with Crippen molar-refractivity contribution in [3.63, 3.8) is 0 Å². The highest BCUT2D eigenvalue weighted by Crippen LogP contribution is 2.31. The minimum absolute atomic E-state index is 0.0791. The fourth-order valence-electron chi connectivity index (χ4n) is 3.22. The molecule has 5 nitrogen and oxygen atoms in total. The van der Waals surface area contributed by atoms with E-state index >= 15 is 0 Å². The Bertz CT molecular complexity index is 1060. The Morgan fingerprint density at radius 1 is 1.31 bits per heavy atom. The Hall–Kier alpha value is -3.17. The fraction of sp³-hybridized carbons (Fsp3) is 0.261. The summed E-state index contributed by atoms with van der Waals surface area (Å²) in [6.45, 7) is 5.60. The summed E-state index contributed by atoms with van der Waals surface area (Å²) in [5.41, 5.74) is 4.68. The Morgan fingerprint density at radius 2 is 2.10 bits per heavy atom. The van der Waals surface area contributed by atoms with E-state index in [4.69, 9.17) is 5.26 Å². The molecule has 1 aromatic heterocycles. The number of rotatable bonds is 8. The highest BCUT2D eigenvalue weighted by atomic mass is 32.1. The third-order valence-electron chi connectivity index (χ3n) is 4.73. The standard InChI is InChI=1S/C23H23N3O2S/c1-3-26(12-6-11-24)19-10-9-17(16(2)13-19)14-18(15-22(27)28)23-25-20-7-4-5-8-21(20)29-23/h4-5,7-10,13-14H,3,6,12,15H2,1-2H3,(H,27,28)/b18-14+. The molecule has 2 aromatic carbocycles. The van der Waals surface area contributed by atoms with Gasteiger partial charge in [0.15, 0.2) is 0 Å². The summed E-state index contributed by atoms with van der Waals surface area (Å²) in [6.07, 6.45) is 2.33. The summed E-state index contributed by atoms with van der Waals surface area (Å²) < 4.78 is 1.04.